The summed E-state index contributed by atoms with van der Waals surface area (Å²) in [6.07, 6.45) is 6.42. The topological polar surface area (TPSA) is 12.9 Å². The highest BCUT2D eigenvalue weighted by atomic mass is 35.5. The Balaban J connectivity index is 2.40. The van der Waals surface area contributed by atoms with Crippen LogP contribution < -0.4 is 0 Å². The first kappa shape index (κ1) is 12.8. The molecule has 1 unspecified atom stereocenters. The zero-order valence-corrected chi connectivity index (χ0v) is 10.7. The van der Waals surface area contributed by atoms with Gasteiger partial charge in [-0.3, -0.25) is 4.98 Å². The van der Waals surface area contributed by atoms with Gasteiger partial charge in [-0.2, -0.15) is 0 Å². The zero-order chi connectivity index (χ0) is 11.3. The fourth-order valence-corrected chi connectivity index (χ4v) is 2.23. The van der Waals surface area contributed by atoms with Gasteiger partial charge in [-0.1, -0.05) is 25.4 Å². The normalized spacial score (nSPS) is 13.1. The molecule has 15 heavy (non-hydrogen) atoms. The second-order valence-electron chi connectivity index (χ2n) is 4.23. The summed E-state index contributed by atoms with van der Waals surface area (Å²) in [7, 11) is 0. The molecule has 84 valence electrons. The van der Waals surface area contributed by atoms with Gasteiger partial charge in [0.15, 0.2) is 0 Å². The number of nitrogens with zero attached hydrogens (tertiary/aromatic N) is 1. The third kappa shape index (κ3) is 4.85. The molecule has 1 nitrogen and oxygen atoms in total. The molecule has 0 saturated carbocycles. The van der Waals surface area contributed by atoms with E-state index in [0.717, 1.165) is 29.8 Å². The highest BCUT2D eigenvalue weighted by Crippen LogP contribution is 2.20. The molecule has 0 aliphatic rings. The Kier molecular flexibility index (Phi) is 5.41. The fourth-order valence-electron chi connectivity index (χ4n) is 1.55. The van der Waals surface area contributed by atoms with E-state index in [4.69, 9.17) is 23.2 Å². The smallest absolute Gasteiger partial charge is 0.0621 e. The van der Waals surface area contributed by atoms with Gasteiger partial charge in [0.25, 0.3) is 0 Å². The number of hydrogen-bond acceptors (Lipinski definition) is 1. The number of alkyl halides is 1. The van der Waals surface area contributed by atoms with Crippen LogP contribution in [0.5, 0.6) is 0 Å². The first-order chi connectivity index (χ1) is 7.09. The second-order valence-corrected chi connectivity index (χ2v) is 5.26. The summed E-state index contributed by atoms with van der Waals surface area (Å²) in [6, 6.07) is 1.96. The van der Waals surface area contributed by atoms with E-state index in [1.807, 2.05) is 6.07 Å². The predicted molar refractivity (Wildman–Crippen MR) is 66.7 cm³/mol. The van der Waals surface area contributed by atoms with Crippen LogP contribution in [0.15, 0.2) is 18.5 Å². The van der Waals surface area contributed by atoms with Crippen molar-refractivity contribution in [3.63, 3.8) is 0 Å². The van der Waals surface area contributed by atoms with Gasteiger partial charge in [-0.15, -0.1) is 11.6 Å². The molecule has 0 fully saturated rings. The molecule has 1 aromatic heterocycles. The lowest BCUT2D eigenvalue weighted by atomic mass is 10.0. The van der Waals surface area contributed by atoms with Crippen molar-refractivity contribution < 1.29 is 0 Å². The van der Waals surface area contributed by atoms with Crippen molar-refractivity contribution >= 4 is 23.2 Å². The molecule has 0 spiro atoms. The zero-order valence-electron chi connectivity index (χ0n) is 9.21. The summed E-state index contributed by atoms with van der Waals surface area (Å²) in [5, 5.41) is 0.986. The Morgan fingerprint density at radius 1 is 1.40 bits per heavy atom. The van der Waals surface area contributed by atoms with Crippen LogP contribution in [0.1, 0.15) is 32.3 Å². The minimum atomic E-state index is 0.245. The molecule has 0 aliphatic carbocycles. The van der Waals surface area contributed by atoms with Crippen molar-refractivity contribution in [1.82, 2.24) is 4.98 Å². The van der Waals surface area contributed by atoms with E-state index in [0.29, 0.717) is 5.92 Å². The maximum Gasteiger partial charge on any atom is 0.0621 e. The highest BCUT2D eigenvalue weighted by molar-refractivity contribution is 6.31. The molecule has 1 atom stereocenters. The van der Waals surface area contributed by atoms with E-state index in [2.05, 4.69) is 18.8 Å². The van der Waals surface area contributed by atoms with Crippen molar-refractivity contribution in [3.05, 3.63) is 29.0 Å². The summed E-state index contributed by atoms with van der Waals surface area (Å²) in [5.74, 6) is 0.653. The van der Waals surface area contributed by atoms with Gasteiger partial charge >= 0.3 is 0 Å². The van der Waals surface area contributed by atoms with Crippen molar-refractivity contribution in [1.29, 1.82) is 0 Å². The Morgan fingerprint density at radius 2 is 2.13 bits per heavy atom. The molecule has 1 rings (SSSR count). The Labute approximate surface area is 102 Å². The molecule has 3 heteroatoms. The van der Waals surface area contributed by atoms with Crippen LogP contribution in [-0.2, 0) is 6.42 Å². The van der Waals surface area contributed by atoms with Crippen molar-refractivity contribution in [3.8, 4) is 0 Å². The quantitative estimate of drug-likeness (QED) is 0.705. The number of pyridine rings is 1. The van der Waals surface area contributed by atoms with E-state index in [-0.39, 0.29) is 5.38 Å². The molecular weight excluding hydrogens is 229 g/mol. The van der Waals surface area contributed by atoms with Gasteiger partial charge in [-0.05, 0) is 36.8 Å². The molecule has 0 amide bonds. The summed E-state index contributed by atoms with van der Waals surface area (Å²) < 4.78 is 0. The molecule has 0 aromatic carbocycles. The van der Waals surface area contributed by atoms with Gasteiger partial charge in [0.2, 0.25) is 0 Å². The third-order valence-electron chi connectivity index (χ3n) is 2.31. The van der Waals surface area contributed by atoms with Crippen molar-refractivity contribution in [2.24, 2.45) is 5.92 Å². The second kappa shape index (κ2) is 6.34. The average Bonchev–Trinajstić information content (AvgIpc) is 2.15. The van der Waals surface area contributed by atoms with E-state index >= 15 is 0 Å². The lowest BCUT2D eigenvalue weighted by Crippen LogP contribution is -2.05. The van der Waals surface area contributed by atoms with Gasteiger partial charge in [0.05, 0.1) is 5.02 Å². The molecule has 0 saturated heterocycles. The van der Waals surface area contributed by atoms with Crippen LogP contribution in [0.3, 0.4) is 0 Å². The van der Waals surface area contributed by atoms with Crippen molar-refractivity contribution in [2.75, 3.05) is 0 Å². The first-order valence-electron chi connectivity index (χ1n) is 5.32. The summed E-state index contributed by atoms with van der Waals surface area (Å²) >= 11 is 12.2. The van der Waals surface area contributed by atoms with Gasteiger partial charge in [-0.25, -0.2) is 0 Å². The number of hydrogen-bond donors (Lipinski definition) is 0. The van der Waals surface area contributed by atoms with Gasteiger partial charge in [0, 0.05) is 17.8 Å². The standard InChI is InChI=1S/C12H17Cl2N/c1-9(2)7-11(13)4-3-10-5-6-15-8-12(10)14/h5-6,8-9,11H,3-4,7H2,1-2H3. The van der Waals surface area contributed by atoms with Crippen LogP contribution in [0.25, 0.3) is 0 Å². The van der Waals surface area contributed by atoms with E-state index in [1.165, 1.54) is 0 Å². The first-order valence-corrected chi connectivity index (χ1v) is 6.13. The number of rotatable bonds is 5. The molecule has 1 aromatic rings. The monoisotopic (exact) mass is 245 g/mol. The Bertz CT molecular complexity index is 299. The van der Waals surface area contributed by atoms with Crippen LogP contribution >= 0.6 is 23.2 Å². The molecule has 0 radical (unpaired) electrons. The number of aryl methyl sites for hydroxylation is 1. The summed E-state index contributed by atoms with van der Waals surface area (Å²) in [6.45, 7) is 4.38. The molecular formula is C12H17Cl2N. The Morgan fingerprint density at radius 3 is 2.73 bits per heavy atom. The minimum absolute atomic E-state index is 0.245. The van der Waals surface area contributed by atoms with E-state index < -0.39 is 0 Å². The fraction of sp³-hybridized carbons (Fsp3) is 0.583. The van der Waals surface area contributed by atoms with E-state index in [9.17, 15) is 0 Å². The summed E-state index contributed by atoms with van der Waals surface area (Å²) in [4.78, 5) is 3.96. The minimum Gasteiger partial charge on any atom is -0.263 e. The lowest BCUT2D eigenvalue weighted by molar-refractivity contribution is 0.544. The van der Waals surface area contributed by atoms with Gasteiger partial charge in [0.1, 0.15) is 0 Å². The number of halogens is 2. The average molecular weight is 246 g/mol. The third-order valence-corrected chi connectivity index (χ3v) is 3.05. The van der Waals surface area contributed by atoms with Crippen LogP contribution in [0, 0.1) is 5.92 Å². The van der Waals surface area contributed by atoms with Crippen molar-refractivity contribution in [2.45, 2.75) is 38.5 Å². The lowest BCUT2D eigenvalue weighted by Gasteiger charge is -2.12. The maximum absolute atomic E-state index is 6.22. The number of aromatic nitrogens is 1. The maximum atomic E-state index is 6.22. The Hall–Kier alpha value is -0.270. The SMILES string of the molecule is CC(C)CC(Cl)CCc1ccncc1Cl. The van der Waals surface area contributed by atoms with Crippen LogP contribution in [0.4, 0.5) is 0 Å². The van der Waals surface area contributed by atoms with Gasteiger partial charge < -0.3 is 0 Å². The van der Waals surface area contributed by atoms with Crippen LogP contribution in [0.2, 0.25) is 5.02 Å². The highest BCUT2D eigenvalue weighted by Gasteiger charge is 2.08. The summed E-state index contributed by atoms with van der Waals surface area (Å²) in [5.41, 5.74) is 1.14. The predicted octanol–water partition coefficient (Wildman–Crippen LogP) is 4.32. The molecule has 0 bridgehead atoms. The molecule has 1 heterocycles. The molecule has 0 aliphatic heterocycles. The largest absolute Gasteiger partial charge is 0.263 e. The van der Waals surface area contributed by atoms with E-state index in [1.54, 1.807) is 12.4 Å². The molecule has 0 N–H and O–H groups in total. The van der Waals surface area contributed by atoms with Crippen LogP contribution in [-0.4, -0.2) is 10.4 Å².